The summed E-state index contributed by atoms with van der Waals surface area (Å²) in [5.41, 5.74) is 28.9. The Bertz CT molecular complexity index is 4300. The maximum Gasteiger partial charge on any atom is 0.0541 e. The lowest BCUT2D eigenvalue weighted by Gasteiger charge is -2.33. The van der Waals surface area contributed by atoms with Crippen LogP contribution in [0.4, 0.5) is 5.69 Å². The zero-order valence-electron chi connectivity index (χ0n) is 44.3. The molecule has 0 N–H and O–H groups in total. The molecule has 0 atom stereocenters. The van der Waals surface area contributed by atoms with Crippen molar-refractivity contribution < 1.29 is 0 Å². The number of nitrogens with zero attached hydrogens (tertiary/aromatic N) is 3. The predicted octanol–water partition coefficient (Wildman–Crippen LogP) is 19.5. The van der Waals surface area contributed by atoms with Crippen LogP contribution < -0.4 is 4.90 Å². The van der Waals surface area contributed by atoms with Crippen LogP contribution in [0.5, 0.6) is 0 Å². The standard InChI is InChI=1S/C75H59N3/c1-49-46-57(55-30-26-51(27-31-55)53-34-39-59(40-35-53)78-73-22-12-7-17-65(73)66-18-8-13-23-74(66)78)44-45-76(60-41-42-62-61-14-4-9-19-68(61)75(2,3)69(62)48-60)70-43-36-56(47-67(49)70)54-28-24-50(25-29-54)52-32-37-58(38-33-52)77-71-20-10-5-15-63(71)64-16-6-11-21-72(64)77/h4-7,10-17,20-35,37-42,44-48H,1,8-9,18-19,36,43H2,2-3H3/b45-44-,57-46+. The van der Waals surface area contributed by atoms with Gasteiger partial charge in [0.25, 0.3) is 0 Å². The van der Waals surface area contributed by atoms with E-state index in [0.29, 0.717) is 0 Å². The quantitative estimate of drug-likeness (QED) is 0.155. The number of aromatic nitrogens is 2. The lowest BCUT2D eigenvalue weighted by atomic mass is 9.78. The molecular formula is C75H59N3. The third-order valence-corrected chi connectivity index (χ3v) is 17.6. The topological polar surface area (TPSA) is 13.1 Å². The Kier molecular flexibility index (Phi) is 10.8. The second kappa shape index (κ2) is 18.2. The van der Waals surface area contributed by atoms with E-state index in [9.17, 15) is 0 Å². The summed E-state index contributed by atoms with van der Waals surface area (Å²) >= 11 is 0. The molecule has 3 nitrogen and oxygen atoms in total. The number of aryl methyl sites for hydroxylation is 1. The van der Waals surface area contributed by atoms with Gasteiger partial charge in [0.15, 0.2) is 0 Å². The van der Waals surface area contributed by atoms with Gasteiger partial charge in [0.05, 0.1) is 16.6 Å². The molecule has 3 heterocycles. The van der Waals surface area contributed by atoms with Gasteiger partial charge in [-0.05, 0) is 190 Å². The number of benzene rings is 8. The summed E-state index contributed by atoms with van der Waals surface area (Å²) < 4.78 is 4.81. The van der Waals surface area contributed by atoms with Crippen LogP contribution in [0.3, 0.4) is 0 Å². The minimum absolute atomic E-state index is 0.0283. The molecule has 2 aromatic heterocycles. The monoisotopic (exact) mass is 1000 g/mol. The molecule has 0 spiro atoms. The molecule has 0 fully saturated rings. The normalized spacial score (nSPS) is 17.6. The van der Waals surface area contributed by atoms with E-state index in [4.69, 9.17) is 6.58 Å². The molecule has 374 valence electrons. The third-order valence-electron chi connectivity index (χ3n) is 17.6. The van der Waals surface area contributed by atoms with Crippen molar-refractivity contribution in [2.45, 2.75) is 57.8 Å². The molecule has 1 aliphatic heterocycles. The van der Waals surface area contributed by atoms with Gasteiger partial charge in [0, 0.05) is 61.8 Å². The molecule has 0 amide bonds. The second-order valence-corrected chi connectivity index (χ2v) is 22.3. The minimum atomic E-state index is -0.0283. The largest absolute Gasteiger partial charge is 0.320 e. The first-order valence-electron chi connectivity index (χ1n) is 27.9. The van der Waals surface area contributed by atoms with Gasteiger partial charge >= 0.3 is 0 Å². The Morgan fingerprint density at radius 1 is 0.449 bits per heavy atom. The Labute approximate surface area is 457 Å². The highest BCUT2D eigenvalue weighted by Gasteiger charge is 2.38. The van der Waals surface area contributed by atoms with E-state index in [1.54, 1.807) is 5.57 Å². The first kappa shape index (κ1) is 46.1. The molecule has 15 rings (SSSR count). The molecule has 5 aliphatic rings. The molecule has 0 saturated heterocycles. The molecule has 0 bridgehead atoms. The van der Waals surface area contributed by atoms with Gasteiger partial charge in [0.2, 0.25) is 0 Å². The number of hydrogen-bond acceptors (Lipinski definition) is 1. The molecule has 0 saturated carbocycles. The summed E-state index contributed by atoms with van der Waals surface area (Å²) in [6.45, 7) is 9.69. The van der Waals surface area contributed by atoms with Crippen LogP contribution in [0.2, 0.25) is 0 Å². The molecule has 10 aromatic rings. The molecular weight excluding hydrogens is 943 g/mol. The lowest BCUT2D eigenvalue weighted by molar-refractivity contribution is 0.607. The van der Waals surface area contributed by atoms with Crippen molar-refractivity contribution in [3.05, 3.63) is 293 Å². The van der Waals surface area contributed by atoms with Crippen LogP contribution >= 0.6 is 0 Å². The zero-order chi connectivity index (χ0) is 52.1. The van der Waals surface area contributed by atoms with Crippen molar-refractivity contribution in [2.24, 2.45) is 0 Å². The molecule has 8 aromatic carbocycles. The highest BCUT2D eigenvalue weighted by Crippen LogP contribution is 2.52. The van der Waals surface area contributed by atoms with E-state index in [-0.39, 0.29) is 5.41 Å². The summed E-state index contributed by atoms with van der Waals surface area (Å²) in [4.78, 5) is 2.47. The van der Waals surface area contributed by atoms with Crippen molar-refractivity contribution in [1.82, 2.24) is 9.13 Å². The summed E-state index contributed by atoms with van der Waals surface area (Å²) in [6, 6.07) is 69.9. The number of hydrogen-bond donors (Lipinski definition) is 0. The summed E-state index contributed by atoms with van der Waals surface area (Å²) in [6.07, 6.45) is 24.9. The Morgan fingerprint density at radius 3 is 1.65 bits per heavy atom. The average Bonchev–Trinajstić information content (AvgIpc) is 4.32. The zero-order valence-corrected chi connectivity index (χ0v) is 44.3. The molecule has 3 heteroatoms. The molecule has 0 unspecified atom stereocenters. The predicted molar refractivity (Wildman–Crippen MR) is 330 cm³/mol. The van der Waals surface area contributed by atoms with E-state index >= 15 is 0 Å². The van der Waals surface area contributed by atoms with Crippen LogP contribution in [0, 0.1) is 0 Å². The Balaban J connectivity index is 0.752. The number of fused-ring (bicyclic) bond motifs is 8. The Hall–Kier alpha value is -9.18. The van der Waals surface area contributed by atoms with Gasteiger partial charge in [-0.2, -0.15) is 0 Å². The molecule has 78 heavy (non-hydrogen) atoms. The SMILES string of the molecule is C=C1/C=C(c2ccc(-c3ccc(-n4c5c(c6ccccc64)CCC=C5)cc3)cc2)\C=C/N(c2ccc3c(c2)C(C)(C)C2=C3C=CCC2)C2=C1C=C(c1ccc(-c3ccc(-n4c5ccccc5c5ccccc54)cc3)cc1)CC2. The number of anilines is 1. The number of allylic oxidation sites excluding steroid dienone is 13. The molecule has 4 aliphatic carbocycles. The summed E-state index contributed by atoms with van der Waals surface area (Å²) in [5.74, 6) is 0. The first-order chi connectivity index (χ1) is 38.3. The van der Waals surface area contributed by atoms with E-state index in [0.717, 1.165) is 60.9 Å². The second-order valence-electron chi connectivity index (χ2n) is 22.3. The van der Waals surface area contributed by atoms with Crippen LogP contribution in [0.1, 0.15) is 79.5 Å². The summed E-state index contributed by atoms with van der Waals surface area (Å²) in [5, 5.41) is 3.91. The van der Waals surface area contributed by atoms with Crippen LogP contribution in [-0.2, 0) is 11.8 Å². The van der Waals surface area contributed by atoms with Gasteiger partial charge in [-0.1, -0.05) is 178 Å². The van der Waals surface area contributed by atoms with Gasteiger partial charge in [0.1, 0.15) is 0 Å². The fourth-order valence-electron chi connectivity index (χ4n) is 13.6. The van der Waals surface area contributed by atoms with Crippen LogP contribution in [0.15, 0.2) is 260 Å². The number of para-hydroxylation sites is 3. The van der Waals surface area contributed by atoms with Crippen molar-refractivity contribution in [2.75, 3.05) is 4.90 Å². The van der Waals surface area contributed by atoms with Crippen molar-refractivity contribution in [3.8, 4) is 33.6 Å². The van der Waals surface area contributed by atoms with E-state index < -0.39 is 0 Å². The van der Waals surface area contributed by atoms with E-state index in [2.05, 4.69) is 265 Å². The first-order valence-corrected chi connectivity index (χ1v) is 27.9. The fourth-order valence-corrected chi connectivity index (χ4v) is 13.6. The summed E-state index contributed by atoms with van der Waals surface area (Å²) in [7, 11) is 0. The third kappa shape index (κ3) is 7.47. The lowest BCUT2D eigenvalue weighted by Crippen LogP contribution is -2.22. The van der Waals surface area contributed by atoms with Crippen molar-refractivity contribution in [1.29, 1.82) is 0 Å². The van der Waals surface area contributed by atoms with Crippen LogP contribution in [0.25, 0.3) is 89.1 Å². The van der Waals surface area contributed by atoms with Crippen LogP contribution in [-0.4, -0.2) is 9.13 Å². The Morgan fingerprint density at radius 2 is 0.987 bits per heavy atom. The number of rotatable bonds is 7. The maximum absolute atomic E-state index is 4.85. The fraction of sp³-hybridized carbons (Fsp3) is 0.120. The van der Waals surface area contributed by atoms with Gasteiger partial charge in [-0.15, -0.1) is 0 Å². The van der Waals surface area contributed by atoms with Crippen molar-refractivity contribution >= 4 is 61.2 Å². The van der Waals surface area contributed by atoms with Gasteiger partial charge in [-0.3, -0.25) is 0 Å². The van der Waals surface area contributed by atoms with E-state index in [1.165, 1.54) is 117 Å². The smallest absolute Gasteiger partial charge is 0.0541 e. The minimum Gasteiger partial charge on any atom is -0.320 e. The highest BCUT2D eigenvalue weighted by atomic mass is 15.1. The molecule has 0 radical (unpaired) electrons. The highest BCUT2D eigenvalue weighted by molar-refractivity contribution is 6.09. The van der Waals surface area contributed by atoms with Gasteiger partial charge in [-0.25, -0.2) is 0 Å². The maximum atomic E-state index is 4.85. The average molecular weight is 1000 g/mol. The van der Waals surface area contributed by atoms with E-state index in [1.807, 2.05) is 0 Å². The van der Waals surface area contributed by atoms with Gasteiger partial charge < -0.3 is 14.0 Å². The van der Waals surface area contributed by atoms with Crippen molar-refractivity contribution in [3.63, 3.8) is 0 Å².